The Balaban J connectivity index is 2.39. The molecule has 0 N–H and O–H groups in total. The van der Waals surface area contributed by atoms with Crippen LogP contribution < -0.4 is 4.74 Å². The fourth-order valence-electron chi connectivity index (χ4n) is 1.40. The Labute approximate surface area is 116 Å². The van der Waals surface area contributed by atoms with Gasteiger partial charge in [0.1, 0.15) is 10.9 Å². The number of non-ortho nitro benzene ring substituents is 1. The second kappa shape index (κ2) is 5.49. The molecule has 102 valence electrons. The molecular weight excluding hydrogens is 290 g/mol. The zero-order valence-electron chi connectivity index (χ0n) is 9.72. The zero-order chi connectivity index (χ0) is 14.7. The molecular formula is C11H6ClN3O5. The van der Waals surface area contributed by atoms with Crippen LogP contribution in [0, 0.1) is 20.2 Å². The van der Waals surface area contributed by atoms with Gasteiger partial charge in [-0.1, -0.05) is 17.7 Å². The molecule has 0 aliphatic carbocycles. The largest absolute Gasteiger partial charge is 0.433 e. The van der Waals surface area contributed by atoms with Crippen molar-refractivity contribution >= 4 is 23.0 Å². The van der Waals surface area contributed by atoms with Crippen molar-refractivity contribution in [3.63, 3.8) is 0 Å². The highest BCUT2D eigenvalue weighted by Crippen LogP contribution is 2.31. The summed E-state index contributed by atoms with van der Waals surface area (Å²) in [6, 6.07) is 7.60. The lowest BCUT2D eigenvalue weighted by Crippen LogP contribution is -1.96. The summed E-state index contributed by atoms with van der Waals surface area (Å²) in [6.45, 7) is 0. The van der Waals surface area contributed by atoms with Crippen LogP contribution in [0.5, 0.6) is 11.6 Å². The number of benzene rings is 1. The number of ether oxygens (including phenoxy) is 1. The summed E-state index contributed by atoms with van der Waals surface area (Å²) in [5.74, 6) is -0.278. The first-order valence-corrected chi connectivity index (χ1v) is 5.58. The van der Waals surface area contributed by atoms with E-state index in [2.05, 4.69) is 4.98 Å². The van der Waals surface area contributed by atoms with Gasteiger partial charge >= 0.3 is 11.6 Å². The maximum atomic E-state index is 10.8. The summed E-state index contributed by atoms with van der Waals surface area (Å²) >= 11 is 5.65. The lowest BCUT2D eigenvalue weighted by atomic mass is 10.3. The van der Waals surface area contributed by atoms with Gasteiger partial charge in [0.2, 0.25) is 0 Å². The number of rotatable bonds is 4. The van der Waals surface area contributed by atoms with E-state index < -0.39 is 9.85 Å². The molecule has 1 aromatic heterocycles. The summed E-state index contributed by atoms with van der Waals surface area (Å²) in [4.78, 5) is 23.9. The summed E-state index contributed by atoms with van der Waals surface area (Å²) in [7, 11) is 0. The minimum atomic E-state index is -0.685. The molecule has 0 saturated carbocycles. The maximum absolute atomic E-state index is 10.8. The third kappa shape index (κ3) is 2.98. The molecule has 1 aromatic carbocycles. The third-order valence-electron chi connectivity index (χ3n) is 2.25. The van der Waals surface area contributed by atoms with Crippen molar-refractivity contribution in [3.05, 3.63) is 61.8 Å². The van der Waals surface area contributed by atoms with Gasteiger partial charge in [0, 0.05) is 12.1 Å². The van der Waals surface area contributed by atoms with Gasteiger partial charge in [-0.25, -0.2) is 0 Å². The second-order valence-electron chi connectivity index (χ2n) is 3.57. The Kier molecular flexibility index (Phi) is 3.76. The van der Waals surface area contributed by atoms with Crippen molar-refractivity contribution in [1.29, 1.82) is 0 Å². The summed E-state index contributed by atoms with van der Waals surface area (Å²) in [6.07, 6.45) is 0. The van der Waals surface area contributed by atoms with E-state index in [1.54, 1.807) is 0 Å². The van der Waals surface area contributed by atoms with Crippen LogP contribution in [-0.4, -0.2) is 14.8 Å². The fourth-order valence-corrected chi connectivity index (χ4v) is 1.54. The van der Waals surface area contributed by atoms with E-state index in [9.17, 15) is 20.2 Å². The SMILES string of the molecule is O=[N+]([O-])c1cccc(Oc2nc(Cl)ccc2[N+](=O)[O-])c1. The Morgan fingerprint density at radius 1 is 1.10 bits per heavy atom. The van der Waals surface area contributed by atoms with Crippen LogP contribution >= 0.6 is 11.6 Å². The Bertz CT molecular complexity index is 692. The molecule has 0 unspecified atom stereocenters. The molecule has 0 saturated heterocycles. The number of nitrogens with zero attached hydrogens (tertiary/aromatic N) is 3. The van der Waals surface area contributed by atoms with Gasteiger partial charge in [0.25, 0.3) is 5.69 Å². The van der Waals surface area contributed by atoms with Crippen molar-refractivity contribution in [2.45, 2.75) is 0 Å². The van der Waals surface area contributed by atoms with Gasteiger partial charge in [0.05, 0.1) is 15.9 Å². The van der Waals surface area contributed by atoms with Crippen LogP contribution in [0.15, 0.2) is 36.4 Å². The number of nitro benzene ring substituents is 1. The molecule has 8 nitrogen and oxygen atoms in total. The number of nitro groups is 2. The fraction of sp³-hybridized carbons (Fsp3) is 0. The van der Waals surface area contributed by atoms with E-state index in [-0.39, 0.29) is 28.2 Å². The van der Waals surface area contributed by atoms with Gasteiger partial charge in [-0.15, -0.1) is 0 Å². The molecule has 0 amide bonds. The zero-order valence-corrected chi connectivity index (χ0v) is 10.5. The Hall–Kier alpha value is -2.74. The van der Waals surface area contributed by atoms with Gasteiger partial charge < -0.3 is 4.74 Å². The average Bonchev–Trinajstić information content (AvgIpc) is 2.38. The van der Waals surface area contributed by atoms with Crippen LogP contribution in [0.25, 0.3) is 0 Å². The van der Waals surface area contributed by atoms with Gasteiger partial charge in [-0.05, 0) is 12.1 Å². The highest BCUT2D eigenvalue weighted by atomic mass is 35.5. The van der Waals surface area contributed by atoms with Crippen molar-refractivity contribution in [2.24, 2.45) is 0 Å². The second-order valence-corrected chi connectivity index (χ2v) is 3.96. The molecule has 2 rings (SSSR count). The first-order valence-electron chi connectivity index (χ1n) is 5.20. The Morgan fingerprint density at radius 2 is 1.85 bits per heavy atom. The molecule has 0 spiro atoms. The van der Waals surface area contributed by atoms with Gasteiger partial charge in [-0.2, -0.15) is 4.98 Å². The van der Waals surface area contributed by atoms with Crippen LogP contribution in [-0.2, 0) is 0 Å². The average molecular weight is 296 g/mol. The van der Waals surface area contributed by atoms with Crippen molar-refractivity contribution in [1.82, 2.24) is 4.98 Å². The highest BCUT2D eigenvalue weighted by molar-refractivity contribution is 6.29. The minimum Gasteiger partial charge on any atom is -0.433 e. The number of aromatic nitrogens is 1. The summed E-state index contributed by atoms with van der Waals surface area (Å²) < 4.78 is 5.20. The number of hydrogen-bond acceptors (Lipinski definition) is 6. The van der Waals surface area contributed by atoms with Gasteiger partial charge in [-0.3, -0.25) is 20.2 Å². The van der Waals surface area contributed by atoms with Crippen LogP contribution in [0.2, 0.25) is 5.15 Å². The molecule has 0 atom stereocenters. The lowest BCUT2D eigenvalue weighted by Gasteiger charge is -2.05. The van der Waals surface area contributed by atoms with E-state index in [1.165, 1.54) is 24.3 Å². The molecule has 0 aliphatic heterocycles. The summed E-state index contributed by atoms with van der Waals surface area (Å²) in [5, 5.41) is 21.5. The first kappa shape index (κ1) is 13.7. The highest BCUT2D eigenvalue weighted by Gasteiger charge is 2.19. The van der Waals surface area contributed by atoms with E-state index in [0.29, 0.717) is 0 Å². The van der Waals surface area contributed by atoms with E-state index >= 15 is 0 Å². The molecule has 0 fully saturated rings. The number of pyridine rings is 1. The predicted octanol–water partition coefficient (Wildman–Crippen LogP) is 3.34. The van der Waals surface area contributed by atoms with Crippen LogP contribution in [0.1, 0.15) is 0 Å². The van der Waals surface area contributed by atoms with Gasteiger partial charge in [0.15, 0.2) is 0 Å². The molecule has 1 heterocycles. The maximum Gasteiger partial charge on any atom is 0.331 e. The van der Waals surface area contributed by atoms with Crippen LogP contribution in [0.3, 0.4) is 0 Å². The smallest absolute Gasteiger partial charge is 0.331 e. The quantitative estimate of drug-likeness (QED) is 0.486. The molecule has 2 aromatic rings. The molecule has 0 radical (unpaired) electrons. The van der Waals surface area contributed by atoms with E-state index in [0.717, 1.165) is 12.1 Å². The van der Waals surface area contributed by atoms with E-state index in [4.69, 9.17) is 16.3 Å². The van der Waals surface area contributed by atoms with Crippen LogP contribution in [0.4, 0.5) is 11.4 Å². The molecule has 0 bridgehead atoms. The van der Waals surface area contributed by atoms with Crippen molar-refractivity contribution < 1.29 is 14.6 Å². The molecule has 20 heavy (non-hydrogen) atoms. The van der Waals surface area contributed by atoms with Crippen molar-refractivity contribution in [3.8, 4) is 11.6 Å². The number of halogens is 1. The number of hydrogen-bond donors (Lipinski definition) is 0. The predicted molar refractivity (Wildman–Crippen MR) is 69.1 cm³/mol. The molecule has 9 heteroatoms. The standard InChI is InChI=1S/C11H6ClN3O5/c12-10-5-4-9(15(18)19)11(13-10)20-8-3-1-2-7(6-8)14(16)17/h1-6H. The normalized spacial score (nSPS) is 10.1. The van der Waals surface area contributed by atoms with Crippen molar-refractivity contribution in [2.75, 3.05) is 0 Å². The minimum absolute atomic E-state index is 0.0102. The lowest BCUT2D eigenvalue weighted by molar-refractivity contribution is -0.386. The summed E-state index contributed by atoms with van der Waals surface area (Å²) in [5.41, 5.74) is -0.590. The topological polar surface area (TPSA) is 108 Å². The monoisotopic (exact) mass is 295 g/mol. The molecule has 0 aliphatic rings. The first-order chi connectivity index (χ1) is 9.47. The Morgan fingerprint density at radius 3 is 2.50 bits per heavy atom. The van der Waals surface area contributed by atoms with E-state index in [1.807, 2.05) is 0 Å². The third-order valence-corrected chi connectivity index (χ3v) is 2.46.